The van der Waals surface area contributed by atoms with Gasteiger partial charge in [-0.05, 0) is 35.9 Å². The number of benzene rings is 2. The van der Waals surface area contributed by atoms with E-state index in [2.05, 4.69) is 20.8 Å². The Kier molecular flexibility index (Phi) is 4.92. The van der Waals surface area contributed by atoms with E-state index in [4.69, 9.17) is 9.47 Å². The summed E-state index contributed by atoms with van der Waals surface area (Å²) < 4.78 is 38.7. The van der Waals surface area contributed by atoms with E-state index >= 15 is 0 Å². The quantitative estimate of drug-likeness (QED) is 0.734. The molecule has 6 nitrogen and oxygen atoms in total. The van der Waals surface area contributed by atoms with Crippen LogP contribution in [0.15, 0.2) is 51.8 Å². The first-order valence-electron chi connectivity index (χ1n) is 8.39. The summed E-state index contributed by atoms with van der Waals surface area (Å²) >= 11 is 3.34. The molecule has 138 valence electrons. The molecule has 2 aromatic carbocycles. The maximum atomic E-state index is 12.8. The Labute approximate surface area is 161 Å². The molecule has 0 spiro atoms. The number of fused-ring (bicyclic) bond motifs is 1. The van der Waals surface area contributed by atoms with Gasteiger partial charge in [0.15, 0.2) is 11.5 Å². The van der Waals surface area contributed by atoms with Gasteiger partial charge in [0.1, 0.15) is 0 Å². The lowest BCUT2D eigenvalue weighted by molar-refractivity contribution is 0.173. The molecule has 1 fully saturated rings. The molecule has 1 saturated heterocycles. The molecule has 26 heavy (non-hydrogen) atoms. The lowest BCUT2D eigenvalue weighted by Gasteiger charge is -2.34. The zero-order chi connectivity index (χ0) is 18.1. The van der Waals surface area contributed by atoms with Crippen molar-refractivity contribution in [1.29, 1.82) is 0 Å². The Morgan fingerprint density at radius 2 is 1.73 bits per heavy atom. The molecule has 0 radical (unpaired) electrons. The Morgan fingerprint density at radius 3 is 2.50 bits per heavy atom. The summed E-state index contributed by atoms with van der Waals surface area (Å²) in [5.41, 5.74) is 1.14. The second-order valence-electron chi connectivity index (χ2n) is 6.33. The van der Waals surface area contributed by atoms with E-state index in [0.29, 0.717) is 31.1 Å². The van der Waals surface area contributed by atoms with E-state index in [-0.39, 0.29) is 6.79 Å². The predicted molar refractivity (Wildman–Crippen MR) is 101 cm³/mol. The predicted octanol–water partition coefficient (Wildman–Crippen LogP) is 2.68. The SMILES string of the molecule is O=S(=O)(c1cccc(Br)c1)N1CCN(Cc2ccc3c(c2)OCO3)CC1. The monoisotopic (exact) mass is 438 g/mol. The highest BCUT2D eigenvalue weighted by atomic mass is 79.9. The van der Waals surface area contributed by atoms with Gasteiger partial charge in [0.25, 0.3) is 0 Å². The van der Waals surface area contributed by atoms with E-state index in [1.54, 1.807) is 22.5 Å². The number of rotatable bonds is 4. The summed E-state index contributed by atoms with van der Waals surface area (Å²) in [6, 6.07) is 12.8. The van der Waals surface area contributed by atoms with Crippen molar-refractivity contribution in [2.45, 2.75) is 11.4 Å². The highest BCUT2D eigenvalue weighted by Crippen LogP contribution is 2.33. The molecule has 4 rings (SSSR count). The van der Waals surface area contributed by atoms with Gasteiger partial charge in [-0.1, -0.05) is 28.1 Å². The minimum absolute atomic E-state index is 0.269. The molecule has 0 aromatic heterocycles. The first-order valence-corrected chi connectivity index (χ1v) is 10.6. The first kappa shape index (κ1) is 17.8. The molecule has 2 aliphatic heterocycles. The van der Waals surface area contributed by atoms with Crippen LogP contribution >= 0.6 is 15.9 Å². The topological polar surface area (TPSA) is 59.1 Å². The maximum Gasteiger partial charge on any atom is 0.243 e. The standard InChI is InChI=1S/C18H19BrN2O4S/c19-15-2-1-3-16(11-15)26(22,23)21-8-6-20(7-9-21)12-14-4-5-17-18(10-14)25-13-24-17/h1-5,10-11H,6-9,12-13H2. The lowest BCUT2D eigenvalue weighted by atomic mass is 10.2. The second-order valence-corrected chi connectivity index (χ2v) is 9.18. The molecule has 8 heteroatoms. The van der Waals surface area contributed by atoms with Crippen molar-refractivity contribution < 1.29 is 17.9 Å². The number of nitrogens with zero attached hydrogens (tertiary/aromatic N) is 2. The molecular weight excluding hydrogens is 420 g/mol. The fourth-order valence-electron chi connectivity index (χ4n) is 3.20. The molecule has 0 unspecified atom stereocenters. The van der Waals surface area contributed by atoms with Gasteiger partial charge in [0.2, 0.25) is 16.8 Å². The van der Waals surface area contributed by atoms with Gasteiger partial charge in [0.05, 0.1) is 4.90 Å². The summed E-state index contributed by atoms with van der Waals surface area (Å²) in [5, 5.41) is 0. The van der Waals surface area contributed by atoms with Crippen molar-refractivity contribution in [2.75, 3.05) is 33.0 Å². The molecule has 0 amide bonds. The van der Waals surface area contributed by atoms with Crippen LogP contribution in [0.5, 0.6) is 11.5 Å². The van der Waals surface area contributed by atoms with Crippen molar-refractivity contribution in [3.63, 3.8) is 0 Å². The van der Waals surface area contributed by atoms with Crippen molar-refractivity contribution in [1.82, 2.24) is 9.21 Å². The number of sulfonamides is 1. The number of hydrogen-bond acceptors (Lipinski definition) is 5. The van der Waals surface area contributed by atoms with Crippen molar-refractivity contribution in [3.8, 4) is 11.5 Å². The molecule has 0 aliphatic carbocycles. The van der Waals surface area contributed by atoms with Crippen LogP contribution in [0.4, 0.5) is 0 Å². The number of halogens is 1. The Bertz CT molecular complexity index is 911. The molecule has 2 heterocycles. The van der Waals surface area contributed by atoms with Crippen LogP contribution in [0.3, 0.4) is 0 Å². The highest BCUT2D eigenvalue weighted by Gasteiger charge is 2.28. The molecule has 0 N–H and O–H groups in total. The third-order valence-corrected chi connectivity index (χ3v) is 7.00. The van der Waals surface area contributed by atoms with Crippen molar-refractivity contribution in [2.24, 2.45) is 0 Å². The summed E-state index contributed by atoms with van der Waals surface area (Å²) in [4.78, 5) is 2.58. The van der Waals surface area contributed by atoms with Crippen LogP contribution in [0.25, 0.3) is 0 Å². The van der Waals surface area contributed by atoms with Gasteiger partial charge >= 0.3 is 0 Å². The Balaban J connectivity index is 1.39. The lowest BCUT2D eigenvalue weighted by Crippen LogP contribution is -2.48. The van der Waals surface area contributed by atoms with E-state index in [9.17, 15) is 8.42 Å². The highest BCUT2D eigenvalue weighted by molar-refractivity contribution is 9.10. The summed E-state index contributed by atoms with van der Waals surface area (Å²) in [5.74, 6) is 1.55. The minimum atomic E-state index is -3.45. The first-order chi connectivity index (χ1) is 12.5. The molecular formula is C18H19BrN2O4S. The minimum Gasteiger partial charge on any atom is -0.454 e. The van der Waals surface area contributed by atoms with Gasteiger partial charge in [-0.25, -0.2) is 8.42 Å². The van der Waals surface area contributed by atoms with Gasteiger partial charge < -0.3 is 9.47 Å². The normalized spacial score (nSPS) is 18.2. The summed E-state index contributed by atoms with van der Waals surface area (Å²) in [6.45, 7) is 3.40. The van der Waals surface area contributed by atoms with Crippen molar-refractivity contribution >= 4 is 26.0 Å². The molecule has 0 atom stereocenters. The Hall–Kier alpha value is -1.61. The van der Waals surface area contributed by atoms with Gasteiger partial charge in [-0.3, -0.25) is 4.90 Å². The van der Waals surface area contributed by atoms with E-state index in [0.717, 1.165) is 28.1 Å². The van der Waals surface area contributed by atoms with Crippen LogP contribution < -0.4 is 9.47 Å². The average Bonchev–Trinajstić information content (AvgIpc) is 3.10. The second kappa shape index (κ2) is 7.19. The van der Waals surface area contributed by atoms with E-state index < -0.39 is 10.0 Å². The Morgan fingerprint density at radius 1 is 0.962 bits per heavy atom. The van der Waals surface area contributed by atoms with Gasteiger partial charge in [0, 0.05) is 37.2 Å². The third-order valence-electron chi connectivity index (χ3n) is 4.61. The molecule has 2 aromatic rings. The molecule has 0 saturated carbocycles. The van der Waals surface area contributed by atoms with E-state index in [1.807, 2.05) is 24.3 Å². The van der Waals surface area contributed by atoms with Crippen LogP contribution in [-0.2, 0) is 16.6 Å². The molecule has 0 bridgehead atoms. The fourth-order valence-corrected chi connectivity index (χ4v) is 5.22. The third kappa shape index (κ3) is 3.59. The summed E-state index contributed by atoms with van der Waals surface area (Å²) in [6.07, 6.45) is 0. The molecule has 2 aliphatic rings. The smallest absolute Gasteiger partial charge is 0.243 e. The maximum absolute atomic E-state index is 12.8. The van der Waals surface area contributed by atoms with Crippen LogP contribution in [0.2, 0.25) is 0 Å². The van der Waals surface area contributed by atoms with Gasteiger partial charge in [-0.15, -0.1) is 0 Å². The summed E-state index contributed by atoms with van der Waals surface area (Å²) in [7, 11) is -3.45. The average molecular weight is 439 g/mol. The van der Waals surface area contributed by atoms with Crippen LogP contribution in [0, 0.1) is 0 Å². The van der Waals surface area contributed by atoms with Crippen molar-refractivity contribution in [3.05, 3.63) is 52.5 Å². The van der Waals surface area contributed by atoms with Crippen LogP contribution in [0.1, 0.15) is 5.56 Å². The van der Waals surface area contributed by atoms with E-state index in [1.165, 1.54) is 0 Å². The van der Waals surface area contributed by atoms with Crippen LogP contribution in [-0.4, -0.2) is 50.6 Å². The zero-order valence-corrected chi connectivity index (χ0v) is 16.5. The largest absolute Gasteiger partial charge is 0.454 e. The zero-order valence-electron chi connectivity index (χ0n) is 14.1. The number of ether oxygens (including phenoxy) is 2. The van der Waals surface area contributed by atoms with Gasteiger partial charge in [-0.2, -0.15) is 4.31 Å². The number of hydrogen-bond donors (Lipinski definition) is 0. The number of piperazine rings is 1. The fraction of sp³-hybridized carbons (Fsp3) is 0.333.